The van der Waals surface area contributed by atoms with Crippen molar-refractivity contribution in [2.45, 2.75) is 19.3 Å². The molecule has 2 heterocycles. The van der Waals surface area contributed by atoms with Gasteiger partial charge in [-0.05, 0) is 31.0 Å². The molecule has 1 aliphatic carbocycles. The molecule has 4 rings (SSSR count). The summed E-state index contributed by atoms with van der Waals surface area (Å²) in [7, 11) is 0. The third kappa shape index (κ3) is 2.58. The summed E-state index contributed by atoms with van der Waals surface area (Å²) in [6.45, 7) is 2.45. The van der Waals surface area contributed by atoms with Crippen molar-refractivity contribution >= 4 is 22.9 Å². The normalized spacial score (nSPS) is 19.0. The van der Waals surface area contributed by atoms with Crippen LogP contribution in [-0.4, -0.2) is 52.8 Å². The molecule has 2 fully saturated rings. The SMILES string of the molecule is O=C(c1ccc2ocnc2c1)N1CCN(C(=O)C2CCC2)CC1. The minimum absolute atomic E-state index is 0.00866. The number of piperazine rings is 1. The van der Waals surface area contributed by atoms with Crippen molar-refractivity contribution in [1.82, 2.24) is 14.8 Å². The summed E-state index contributed by atoms with van der Waals surface area (Å²) in [5, 5.41) is 0. The van der Waals surface area contributed by atoms with Crippen LogP contribution in [0.25, 0.3) is 11.1 Å². The van der Waals surface area contributed by atoms with E-state index in [9.17, 15) is 9.59 Å². The van der Waals surface area contributed by atoms with Crippen LogP contribution in [0.2, 0.25) is 0 Å². The first-order valence-corrected chi connectivity index (χ1v) is 8.14. The zero-order chi connectivity index (χ0) is 15.8. The van der Waals surface area contributed by atoms with Crippen LogP contribution in [-0.2, 0) is 4.79 Å². The average molecular weight is 313 g/mol. The summed E-state index contributed by atoms with van der Waals surface area (Å²) in [5.41, 5.74) is 1.98. The fourth-order valence-electron chi connectivity index (χ4n) is 3.22. The number of benzene rings is 1. The summed E-state index contributed by atoms with van der Waals surface area (Å²) in [5.74, 6) is 0.491. The standard InChI is InChI=1S/C17H19N3O3/c21-16(12-2-1-3-12)19-6-8-20(9-7-19)17(22)13-4-5-15-14(10-13)18-11-23-15/h4-5,10-12H,1-3,6-9H2. The monoisotopic (exact) mass is 313 g/mol. The lowest BCUT2D eigenvalue weighted by atomic mass is 9.84. The van der Waals surface area contributed by atoms with E-state index < -0.39 is 0 Å². The molecule has 1 aromatic carbocycles. The van der Waals surface area contributed by atoms with Gasteiger partial charge in [-0.25, -0.2) is 4.98 Å². The second-order valence-electron chi connectivity index (χ2n) is 6.28. The van der Waals surface area contributed by atoms with Crippen molar-refractivity contribution in [3.05, 3.63) is 30.2 Å². The van der Waals surface area contributed by atoms with Crippen molar-refractivity contribution in [2.24, 2.45) is 5.92 Å². The lowest BCUT2D eigenvalue weighted by Gasteiger charge is -2.38. The van der Waals surface area contributed by atoms with Crippen LogP contribution in [0.3, 0.4) is 0 Å². The summed E-state index contributed by atoms with van der Waals surface area (Å²) in [6, 6.07) is 5.29. The van der Waals surface area contributed by atoms with Gasteiger partial charge in [0.2, 0.25) is 5.91 Å². The van der Waals surface area contributed by atoms with Gasteiger partial charge < -0.3 is 14.2 Å². The van der Waals surface area contributed by atoms with Gasteiger partial charge in [-0.15, -0.1) is 0 Å². The summed E-state index contributed by atoms with van der Waals surface area (Å²) < 4.78 is 5.20. The lowest BCUT2D eigenvalue weighted by Crippen LogP contribution is -2.52. The van der Waals surface area contributed by atoms with E-state index in [0.717, 1.165) is 12.8 Å². The topological polar surface area (TPSA) is 66.7 Å². The summed E-state index contributed by atoms with van der Waals surface area (Å²) in [4.78, 5) is 32.7. The Hall–Kier alpha value is -2.37. The van der Waals surface area contributed by atoms with Gasteiger partial charge in [-0.1, -0.05) is 6.42 Å². The molecule has 2 aromatic rings. The number of nitrogens with zero attached hydrogens (tertiary/aromatic N) is 3. The van der Waals surface area contributed by atoms with Crippen molar-refractivity contribution in [2.75, 3.05) is 26.2 Å². The van der Waals surface area contributed by atoms with Gasteiger partial charge in [0.25, 0.3) is 5.91 Å². The van der Waals surface area contributed by atoms with Crippen LogP contribution in [0.15, 0.2) is 29.0 Å². The number of hydrogen-bond acceptors (Lipinski definition) is 4. The zero-order valence-corrected chi connectivity index (χ0v) is 12.9. The second-order valence-corrected chi connectivity index (χ2v) is 6.28. The number of aromatic nitrogens is 1. The molecule has 0 N–H and O–H groups in total. The minimum atomic E-state index is -0.00866. The van der Waals surface area contributed by atoms with E-state index >= 15 is 0 Å². The smallest absolute Gasteiger partial charge is 0.254 e. The van der Waals surface area contributed by atoms with Gasteiger partial charge >= 0.3 is 0 Å². The van der Waals surface area contributed by atoms with Gasteiger partial charge in [0.05, 0.1) is 0 Å². The molecule has 0 bridgehead atoms. The quantitative estimate of drug-likeness (QED) is 0.849. The maximum Gasteiger partial charge on any atom is 0.254 e. The van der Waals surface area contributed by atoms with E-state index in [0.29, 0.717) is 42.8 Å². The maximum absolute atomic E-state index is 12.6. The summed E-state index contributed by atoms with van der Waals surface area (Å²) >= 11 is 0. The van der Waals surface area contributed by atoms with Crippen molar-refractivity contribution in [1.29, 1.82) is 0 Å². The van der Waals surface area contributed by atoms with Crippen LogP contribution >= 0.6 is 0 Å². The molecule has 1 aliphatic heterocycles. The molecule has 1 saturated carbocycles. The predicted octanol–water partition coefficient (Wildman–Crippen LogP) is 1.91. The molecule has 2 aliphatic rings. The molecule has 1 saturated heterocycles. The van der Waals surface area contributed by atoms with Gasteiger partial charge in [0.1, 0.15) is 5.52 Å². The van der Waals surface area contributed by atoms with Crippen LogP contribution in [0.1, 0.15) is 29.6 Å². The number of oxazole rings is 1. The molecule has 0 unspecified atom stereocenters. The highest BCUT2D eigenvalue weighted by molar-refractivity contribution is 5.97. The highest BCUT2D eigenvalue weighted by Gasteiger charge is 2.32. The number of hydrogen-bond donors (Lipinski definition) is 0. The number of rotatable bonds is 2. The minimum Gasteiger partial charge on any atom is -0.443 e. The van der Waals surface area contributed by atoms with Gasteiger partial charge in [-0.3, -0.25) is 9.59 Å². The fraction of sp³-hybridized carbons (Fsp3) is 0.471. The Kier molecular flexibility index (Phi) is 3.52. The Labute approximate surface area is 134 Å². The van der Waals surface area contributed by atoms with E-state index in [4.69, 9.17) is 4.42 Å². The number of carbonyl (C=O) groups excluding carboxylic acids is 2. The zero-order valence-electron chi connectivity index (χ0n) is 12.9. The first-order valence-electron chi connectivity index (χ1n) is 8.14. The van der Waals surface area contributed by atoms with E-state index in [1.54, 1.807) is 18.2 Å². The van der Waals surface area contributed by atoms with Crippen LogP contribution in [0.4, 0.5) is 0 Å². The first kappa shape index (κ1) is 14.2. The molecule has 120 valence electrons. The van der Waals surface area contributed by atoms with Crippen LogP contribution < -0.4 is 0 Å². The molecule has 0 spiro atoms. The van der Waals surface area contributed by atoms with Gasteiger partial charge in [0.15, 0.2) is 12.0 Å². The highest BCUT2D eigenvalue weighted by Crippen LogP contribution is 2.28. The van der Waals surface area contributed by atoms with Crippen LogP contribution in [0.5, 0.6) is 0 Å². The van der Waals surface area contributed by atoms with E-state index in [-0.39, 0.29) is 17.7 Å². The predicted molar refractivity (Wildman–Crippen MR) is 83.8 cm³/mol. The molecule has 6 nitrogen and oxygen atoms in total. The maximum atomic E-state index is 12.6. The molecule has 6 heteroatoms. The Balaban J connectivity index is 1.41. The Morgan fingerprint density at radius 3 is 2.52 bits per heavy atom. The third-order valence-corrected chi connectivity index (χ3v) is 4.91. The van der Waals surface area contributed by atoms with E-state index in [1.165, 1.54) is 12.8 Å². The number of carbonyl (C=O) groups is 2. The molecule has 0 atom stereocenters. The van der Waals surface area contributed by atoms with Crippen molar-refractivity contribution in [3.63, 3.8) is 0 Å². The number of fused-ring (bicyclic) bond motifs is 1. The van der Waals surface area contributed by atoms with Crippen molar-refractivity contribution < 1.29 is 14.0 Å². The molecule has 2 amide bonds. The summed E-state index contributed by atoms with van der Waals surface area (Å²) in [6.07, 6.45) is 4.59. The van der Waals surface area contributed by atoms with Crippen LogP contribution in [0, 0.1) is 5.92 Å². The molecule has 0 radical (unpaired) electrons. The molecular weight excluding hydrogens is 294 g/mol. The lowest BCUT2D eigenvalue weighted by molar-refractivity contribution is -0.139. The Bertz CT molecular complexity index is 742. The van der Waals surface area contributed by atoms with E-state index in [2.05, 4.69) is 4.98 Å². The van der Waals surface area contributed by atoms with Gasteiger partial charge in [-0.2, -0.15) is 0 Å². The number of amides is 2. The largest absolute Gasteiger partial charge is 0.443 e. The third-order valence-electron chi connectivity index (χ3n) is 4.91. The molecule has 23 heavy (non-hydrogen) atoms. The Morgan fingerprint density at radius 1 is 1.09 bits per heavy atom. The second kappa shape index (κ2) is 5.68. The Morgan fingerprint density at radius 2 is 1.83 bits per heavy atom. The van der Waals surface area contributed by atoms with Gasteiger partial charge in [0, 0.05) is 37.7 Å². The molecule has 1 aromatic heterocycles. The van der Waals surface area contributed by atoms with Crippen molar-refractivity contribution in [3.8, 4) is 0 Å². The fourth-order valence-corrected chi connectivity index (χ4v) is 3.22. The highest BCUT2D eigenvalue weighted by atomic mass is 16.3. The first-order chi connectivity index (χ1) is 11.2. The average Bonchev–Trinajstić information content (AvgIpc) is 3.00. The van der Waals surface area contributed by atoms with E-state index in [1.807, 2.05) is 9.80 Å². The molecular formula is C17H19N3O3.